The van der Waals surface area contributed by atoms with Gasteiger partial charge >= 0.3 is 5.92 Å². The van der Waals surface area contributed by atoms with Crippen molar-refractivity contribution in [2.45, 2.75) is 38.2 Å². The van der Waals surface area contributed by atoms with Crippen LogP contribution in [0.2, 0.25) is 0 Å². The molecule has 0 aromatic carbocycles. The zero-order valence-corrected chi connectivity index (χ0v) is 14.8. The van der Waals surface area contributed by atoms with Crippen LogP contribution >= 0.6 is 0 Å². The summed E-state index contributed by atoms with van der Waals surface area (Å²) >= 11 is 0. The molecule has 0 spiro atoms. The molecular weight excluding hydrogens is 342 g/mol. The van der Waals surface area contributed by atoms with E-state index in [1.807, 2.05) is 7.05 Å². The molecule has 7 nitrogen and oxygen atoms in total. The smallest absolute Gasteiger partial charge is 0.321 e. The maximum absolute atomic E-state index is 13.1. The van der Waals surface area contributed by atoms with Gasteiger partial charge in [-0.1, -0.05) is 0 Å². The molecule has 1 saturated heterocycles. The van der Waals surface area contributed by atoms with Crippen molar-refractivity contribution < 1.29 is 13.6 Å². The van der Waals surface area contributed by atoms with E-state index in [0.717, 1.165) is 49.2 Å². The summed E-state index contributed by atoms with van der Waals surface area (Å²) in [5.41, 5.74) is 0.792. The minimum absolute atomic E-state index is 0.182. The predicted molar refractivity (Wildman–Crippen MR) is 91.9 cm³/mol. The summed E-state index contributed by atoms with van der Waals surface area (Å²) in [5.74, 6) is -2.78. The summed E-state index contributed by atoms with van der Waals surface area (Å²) in [5, 5.41) is 7.69. The van der Waals surface area contributed by atoms with Gasteiger partial charge in [0.15, 0.2) is 5.65 Å². The monoisotopic (exact) mass is 364 g/mol. The highest BCUT2D eigenvalue weighted by Gasteiger charge is 2.41. The van der Waals surface area contributed by atoms with Crippen LogP contribution in [0.25, 0.3) is 11.0 Å². The second kappa shape index (κ2) is 6.14. The molecule has 140 valence electrons. The van der Waals surface area contributed by atoms with Crippen molar-refractivity contribution in [3.8, 4) is 0 Å². The third-order valence-electron chi connectivity index (χ3n) is 5.59. The minimum Gasteiger partial charge on any atom is -0.355 e. The van der Waals surface area contributed by atoms with Gasteiger partial charge in [-0.25, -0.2) is 9.97 Å². The molecule has 3 atom stereocenters. The minimum atomic E-state index is -3.33. The summed E-state index contributed by atoms with van der Waals surface area (Å²) in [6.45, 7) is 2.33. The van der Waals surface area contributed by atoms with Crippen LogP contribution in [-0.4, -0.2) is 50.7 Å². The fourth-order valence-electron chi connectivity index (χ4n) is 4.25. The van der Waals surface area contributed by atoms with Crippen LogP contribution in [-0.2, 0) is 11.8 Å². The lowest BCUT2D eigenvalue weighted by molar-refractivity contribution is -0.144. The second-order valence-corrected chi connectivity index (χ2v) is 7.50. The number of fused-ring (bicyclic) bond motifs is 2. The van der Waals surface area contributed by atoms with Gasteiger partial charge in [0.2, 0.25) is 0 Å². The molecule has 26 heavy (non-hydrogen) atoms. The zero-order chi connectivity index (χ0) is 18.5. The summed E-state index contributed by atoms with van der Waals surface area (Å²) in [7, 11) is 1.85. The van der Waals surface area contributed by atoms with E-state index >= 15 is 0 Å². The van der Waals surface area contributed by atoms with Gasteiger partial charge in [0.25, 0.3) is 5.91 Å². The van der Waals surface area contributed by atoms with Crippen molar-refractivity contribution in [1.29, 1.82) is 0 Å². The van der Waals surface area contributed by atoms with E-state index < -0.39 is 11.8 Å². The summed E-state index contributed by atoms with van der Waals surface area (Å²) < 4.78 is 28.0. The van der Waals surface area contributed by atoms with Gasteiger partial charge in [-0.3, -0.25) is 9.48 Å². The first-order chi connectivity index (χ1) is 12.3. The van der Waals surface area contributed by atoms with Crippen LogP contribution in [0.5, 0.6) is 0 Å². The van der Waals surface area contributed by atoms with Gasteiger partial charge in [0.05, 0.1) is 11.6 Å². The number of halogens is 2. The van der Waals surface area contributed by atoms with Gasteiger partial charge in [-0.2, -0.15) is 13.9 Å². The standard InChI is InChI=1S/C17H22F2N6O/c1-17(18,19)16(26)23-12-4-3-10-7-25(8-11(10)5-12)15-13-6-22-24(2)14(13)20-9-21-15/h6,9-12H,3-5,7-8H2,1-2H3,(H,23,26). The van der Waals surface area contributed by atoms with E-state index in [4.69, 9.17) is 0 Å². The molecule has 1 aliphatic carbocycles. The summed E-state index contributed by atoms with van der Waals surface area (Å²) in [6.07, 6.45) is 5.71. The Morgan fingerprint density at radius 3 is 2.81 bits per heavy atom. The van der Waals surface area contributed by atoms with Crippen molar-refractivity contribution in [3.63, 3.8) is 0 Å². The molecule has 1 amide bonds. The number of carbonyl (C=O) groups excluding carboxylic acids is 1. The number of amides is 1. The van der Waals surface area contributed by atoms with Gasteiger partial charge in [-0.05, 0) is 31.1 Å². The molecule has 2 fully saturated rings. The fraction of sp³-hybridized carbons (Fsp3) is 0.647. The first-order valence-corrected chi connectivity index (χ1v) is 8.89. The number of alkyl halides is 2. The maximum atomic E-state index is 13.1. The average molecular weight is 364 g/mol. The lowest BCUT2D eigenvalue weighted by atomic mass is 9.79. The van der Waals surface area contributed by atoms with E-state index in [0.29, 0.717) is 18.8 Å². The molecule has 0 radical (unpaired) electrons. The van der Waals surface area contributed by atoms with Gasteiger partial charge < -0.3 is 10.2 Å². The summed E-state index contributed by atoms with van der Waals surface area (Å²) in [6, 6.07) is -0.182. The van der Waals surface area contributed by atoms with Gasteiger partial charge in [0.1, 0.15) is 12.1 Å². The van der Waals surface area contributed by atoms with Crippen molar-refractivity contribution in [3.05, 3.63) is 12.5 Å². The number of nitrogens with zero attached hydrogens (tertiary/aromatic N) is 5. The molecule has 9 heteroatoms. The molecule has 3 heterocycles. The Kier molecular flexibility index (Phi) is 4.04. The van der Waals surface area contributed by atoms with Gasteiger partial charge in [-0.15, -0.1) is 0 Å². The molecule has 1 saturated carbocycles. The number of aryl methyl sites for hydroxylation is 1. The van der Waals surface area contributed by atoms with E-state index in [9.17, 15) is 13.6 Å². The highest BCUT2D eigenvalue weighted by molar-refractivity contribution is 5.86. The Hall–Kier alpha value is -2.32. The number of nitrogens with one attached hydrogen (secondary N) is 1. The van der Waals surface area contributed by atoms with Crippen LogP contribution in [0.3, 0.4) is 0 Å². The summed E-state index contributed by atoms with van der Waals surface area (Å²) in [4.78, 5) is 22.5. The first-order valence-electron chi connectivity index (χ1n) is 8.89. The zero-order valence-electron chi connectivity index (χ0n) is 14.8. The van der Waals surface area contributed by atoms with Crippen LogP contribution < -0.4 is 10.2 Å². The lowest BCUT2D eigenvalue weighted by Gasteiger charge is -2.31. The van der Waals surface area contributed by atoms with Crippen molar-refractivity contribution in [2.24, 2.45) is 18.9 Å². The number of hydrogen-bond acceptors (Lipinski definition) is 5. The Bertz CT molecular complexity index is 832. The van der Waals surface area contributed by atoms with Crippen molar-refractivity contribution in [1.82, 2.24) is 25.1 Å². The quantitative estimate of drug-likeness (QED) is 0.898. The molecule has 4 rings (SSSR count). The van der Waals surface area contributed by atoms with Crippen molar-refractivity contribution in [2.75, 3.05) is 18.0 Å². The van der Waals surface area contributed by atoms with Crippen molar-refractivity contribution >= 4 is 22.8 Å². The van der Waals surface area contributed by atoms with Crippen LogP contribution in [0.15, 0.2) is 12.5 Å². The molecule has 2 aliphatic rings. The Morgan fingerprint density at radius 2 is 2.04 bits per heavy atom. The number of anilines is 1. The topological polar surface area (TPSA) is 75.9 Å². The Labute approximate surface area is 149 Å². The van der Waals surface area contributed by atoms with Crippen LogP contribution in [0.4, 0.5) is 14.6 Å². The maximum Gasteiger partial charge on any atom is 0.321 e. The molecule has 1 N–H and O–H groups in total. The van der Waals surface area contributed by atoms with E-state index in [2.05, 4.69) is 25.3 Å². The SMILES string of the molecule is Cn1ncc2c(N3CC4CCC(NC(=O)C(C)(F)F)CC4C3)ncnc21. The number of rotatable bonds is 3. The lowest BCUT2D eigenvalue weighted by Crippen LogP contribution is -2.46. The van der Waals surface area contributed by atoms with Gasteiger partial charge in [0, 0.05) is 33.1 Å². The van der Waals surface area contributed by atoms with E-state index in [-0.39, 0.29) is 6.04 Å². The third-order valence-corrected chi connectivity index (χ3v) is 5.59. The Balaban J connectivity index is 1.47. The number of aromatic nitrogens is 4. The molecule has 2 aromatic heterocycles. The second-order valence-electron chi connectivity index (χ2n) is 7.50. The third kappa shape index (κ3) is 2.99. The van der Waals surface area contributed by atoms with Crippen LogP contribution in [0, 0.1) is 11.8 Å². The van der Waals surface area contributed by atoms with E-state index in [1.165, 1.54) is 0 Å². The molecule has 1 aliphatic heterocycles. The number of carbonyl (C=O) groups is 1. The predicted octanol–water partition coefficient (Wildman–Crippen LogP) is 1.74. The highest BCUT2D eigenvalue weighted by atomic mass is 19.3. The molecule has 3 unspecified atom stereocenters. The Morgan fingerprint density at radius 1 is 1.27 bits per heavy atom. The fourth-order valence-corrected chi connectivity index (χ4v) is 4.25. The highest BCUT2D eigenvalue weighted by Crippen LogP contribution is 2.39. The molecule has 0 bridgehead atoms. The normalized spacial score (nSPS) is 26.2. The first kappa shape index (κ1) is 17.1. The van der Waals surface area contributed by atoms with E-state index in [1.54, 1.807) is 17.2 Å². The van der Waals surface area contributed by atoms with Crippen LogP contribution in [0.1, 0.15) is 26.2 Å². The number of hydrogen-bond donors (Lipinski definition) is 1. The molecular formula is C17H22F2N6O. The average Bonchev–Trinajstić information content (AvgIpc) is 3.17. The molecule has 2 aromatic rings. The largest absolute Gasteiger partial charge is 0.355 e.